The maximum absolute atomic E-state index is 6.34. The third kappa shape index (κ3) is 3.21. The Morgan fingerprint density at radius 2 is 2.06 bits per heavy atom. The zero-order valence-corrected chi connectivity index (χ0v) is 11.5. The van der Waals surface area contributed by atoms with Crippen LogP contribution < -0.4 is 5.73 Å². The van der Waals surface area contributed by atoms with Gasteiger partial charge in [-0.25, -0.2) is 0 Å². The van der Waals surface area contributed by atoms with Gasteiger partial charge in [0.05, 0.1) is 11.7 Å². The fourth-order valence-corrected chi connectivity index (χ4v) is 3.37. The summed E-state index contributed by atoms with van der Waals surface area (Å²) < 4.78 is 6.34. The first-order valence-electron chi connectivity index (χ1n) is 7.23. The quantitative estimate of drug-likeness (QED) is 0.800. The number of nitrogens with two attached hydrogens (primary N) is 1. The minimum atomic E-state index is 0.280. The van der Waals surface area contributed by atoms with Crippen molar-refractivity contribution in [2.75, 3.05) is 20.1 Å². The second-order valence-electron chi connectivity index (χ2n) is 6.03. The molecule has 0 aromatic carbocycles. The van der Waals surface area contributed by atoms with Gasteiger partial charge in [-0.05, 0) is 52.6 Å². The Hall–Kier alpha value is -0.120. The van der Waals surface area contributed by atoms with Crippen LogP contribution in [0.5, 0.6) is 0 Å². The Balaban J connectivity index is 1.77. The van der Waals surface area contributed by atoms with E-state index in [0.29, 0.717) is 12.1 Å². The fourth-order valence-electron chi connectivity index (χ4n) is 3.37. The van der Waals surface area contributed by atoms with Gasteiger partial charge in [0, 0.05) is 12.6 Å². The summed E-state index contributed by atoms with van der Waals surface area (Å²) in [5.41, 5.74) is 5.89. The predicted octanol–water partition coefficient (Wildman–Crippen LogP) is 2.15. The van der Waals surface area contributed by atoms with Gasteiger partial charge in [0.1, 0.15) is 0 Å². The minimum Gasteiger partial charge on any atom is -0.370 e. The molecular weight excluding hydrogens is 212 g/mol. The van der Waals surface area contributed by atoms with Gasteiger partial charge in [0.2, 0.25) is 0 Å². The summed E-state index contributed by atoms with van der Waals surface area (Å²) in [6.45, 7) is 4.11. The Morgan fingerprint density at radius 3 is 2.71 bits per heavy atom. The van der Waals surface area contributed by atoms with Crippen molar-refractivity contribution < 1.29 is 4.74 Å². The molecule has 100 valence electrons. The van der Waals surface area contributed by atoms with Crippen LogP contribution in [0.25, 0.3) is 0 Å². The lowest BCUT2D eigenvalue weighted by Crippen LogP contribution is -2.38. The standard InChI is InChI=1S/C14H28N2O/c1-12(6-10-15)16(2)11-13-5-9-14(17-13)7-3-4-8-14/h12-13H,3-11,15H2,1-2H3. The lowest BCUT2D eigenvalue weighted by molar-refractivity contribution is -0.0480. The fraction of sp³-hybridized carbons (Fsp3) is 1.00. The molecule has 2 atom stereocenters. The third-order valence-corrected chi connectivity index (χ3v) is 4.68. The van der Waals surface area contributed by atoms with E-state index in [-0.39, 0.29) is 5.60 Å². The monoisotopic (exact) mass is 240 g/mol. The van der Waals surface area contributed by atoms with Crippen molar-refractivity contribution in [3.8, 4) is 0 Å². The number of likely N-dealkylation sites (N-methyl/N-ethyl adjacent to an activating group) is 1. The van der Waals surface area contributed by atoms with Crippen LogP contribution in [-0.2, 0) is 4.74 Å². The first kappa shape index (κ1) is 13.3. The summed E-state index contributed by atoms with van der Waals surface area (Å²) in [7, 11) is 2.20. The molecule has 0 aromatic rings. The first-order valence-corrected chi connectivity index (χ1v) is 7.23. The molecule has 0 radical (unpaired) electrons. The van der Waals surface area contributed by atoms with Crippen molar-refractivity contribution in [2.45, 2.75) is 69.6 Å². The average molecular weight is 240 g/mol. The topological polar surface area (TPSA) is 38.5 Å². The molecule has 2 unspecified atom stereocenters. The lowest BCUT2D eigenvalue weighted by atomic mass is 9.98. The number of hydrogen-bond donors (Lipinski definition) is 1. The van der Waals surface area contributed by atoms with E-state index in [0.717, 1.165) is 19.5 Å². The summed E-state index contributed by atoms with van der Waals surface area (Å²) >= 11 is 0. The van der Waals surface area contributed by atoms with Crippen LogP contribution in [0.2, 0.25) is 0 Å². The van der Waals surface area contributed by atoms with E-state index in [1.165, 1.54) is 38.5 Å². The molecule has 1 aliphatic carbocycles. The van der Waals surface area contributed by atoms with E-state index in [4.69, 9.17) is 10.5 Å². The van der Waals surface area contributed by atoms with Gasteiger partial charge >= 0.3 is 0 Å². The highest BCUT2D eigenvalue weighted by atomic mass is 16.5. The molecule has 1 saturated heterocycles. The van der Waals surface area contributed by atoms with Crippen LogP contribution in [0.3, 0.4) is 0 Å². The van der Waals surface area contributed by atoms with Crippen molar-refractivity contribution >= 4 is 0 Å². The molecule has 0 aromatic heterocycles. The third-order valence-electron chi connectivity index (χ3n) is 4.68. The number of ether oxygens (including phenoxy) is 1. The van der Waals surface area contributed by atoms with Crippen molar-refractivity contribution in [1.29, 1.82) is 0 Å². The van der Waals surface area contributed by atoms with Crippen LogP contribution in [0.4, 0.5) is 0 Å². The van der Waals surface area contributed by atoms with E-state index in [2.05, 4.69) is 18.9 Å². The molecule has 1 spiro atoms. The molecular formula is C14H28N2O. The van der Waals surface area contributed by atoms with Gasteiger partial charge in [0.25, 0.3) is 0 Å². The maximum Gasteiger partial charge on any atom is 0.0710 e. The van der Waals surface area contributed by atoms with Crippen LogP contribution in [0, 0.1) is 0 Å². The second kappa shape index (κ2) is 5.68. The van der Waals surface area contributed by atoms with Crippen molar-refractivity contribution in [3.05, 3.63) is 0 Å². The van der Waals surface area contributed by atoms with Crippen LogP contribution >= 0.6 is 0 Å². The Morgan fingerprint density at radius 1 is 1.35 bits per heavy atom. The molecule has 3 heteroatoms. The van der Waals surface area contributed by atoms with Gasteiger partial charge in [0.15, 0.2) is 0 Å². The molecule has 2 rings (SSSR count). The maximum atomic E-state index is 6.34. The van der Waals surface area contributed by atoms with Gasteiger partial charge in [-0.15, -0.1) is 0 Å². The molecule has 2 fully saturated rings. The van der Waals surface area contributed by atoms with Crippen molar-refractivity contribution in [1.82, 2.24) is 4.90 Å². The summed E-state index contributed by atoms with van der Waals surface area (Å²) in [6, 6.07) is 0.573. The molecule has 1 saturated carbocycles. The summed E-state index contributed by atoms with van der Waals surface area (Å²) in [5.74, 6) is 0. The number of hydrogen-bond acceptors (Lipinski definition) is 3. The Kier molecular flexibility index (Phi) is 4.45. The average Bonchev–Trinajstić information content (AvgIpc) is 2.90. The molecule has 1 heterocycles. The van der Waals surface area contributed by atoms with Gasteiger partial charge in [-0.1, -0.05) is 12.8 Å². The van der Waals surface area contributed by atoms with E-state index in [1.807, 2.05) is 0 Å². The molecule has 2 aliphatic rings. The molecule has 3 nitrogen and oxygen atoms in total. The highest BCUT2D eigenvalue weighted by Gasteiger charge is 2.42. The van der Waals surface area contributed by atoms with Gasteiger partial charge in [-0.2, -0.15) is 0 Å². The first-order chi connectivity index (χ1) is 8.15. The van der Waals surface area contributed by atoms with Crippen molar-refractivity contribution in [3.63, 3.8) is 0 Å². The molecule has 1 aliphatic heterocycles. The summed E-state index contributed by atoms with van der Waals surface area (Å²) in [6.07, 6.45) is 9.40. The highest BCUT2D eigenvalue weighted by Crippen LogP contribution is 2.43. The van der Waals surface area contributed by atoms with E-state index >= 15 is 0 Å². The molecule has 17 heavy (non-hydrogen) atoms. The molecule has 0 bridgehead atoms. The minimum absolute atomic E-state index is 0.280. The van der Waals surface area contributed by atoms with Gasteiger partial charge < -0.3 is 15.4 Å². The van der Waals surface area contributed by atoms with Gasteiger partial charge in [-0.3, -0.25) is 0 Å². The molecule has 0 amide bonds. The smallest absolute Gasteiger partial charge is 0.0710 e. The Bertz CT molecular complexity index is 238. The molecule has 2 N–H and O–H groups in total. The van der Waals surface area contributed by atoms with Crippen LogP contribution in [0.15, 0.2) is 0 Å². The SMILES string of the molecule is CC(CCN)N(C)CC1CCC2(CCCC2)O1. The number of nitrogens with zero attached hydrogens (tertiary/aromatic N) is 1. The highest BCUT2D eigenvalue weighted by molar-refractivity contribution is 4.93. The second-order valence-corrected chi connectivity index (χ2v) is 6.03. The number of rotatable bonds is 5. The lowest BCUT2D eigenvalue weighted by Gasteiger charge is -2.29. The zero-order chi connectivity index (χ0) is 12.3. The van der Waals surface area contributed by atoms with E-state index in [1.54, 1.807) is 0 Å². The van der Waals surface area contributed by atoms with Crippen LogP contribution in [-0.4, -0.2) is 42.8 Å². The predicted molar refractivity (Wildman–Crippen MR) is 71.1 cm³/mol. The summed E-state index contributed by atoms with van der Waals surface area (Å²) in [4.78, 5) is 2.41. The zero-order valence-electron chi connectivity index (χ0n) is 11.5. The normalized spacial score (nSPS) is 29.3. The van der Waals surface area contributed by atoms with E-state index < -0.39 is 0 Å². The largest absolute Gasteiger partial charge is 0.370 e. The van der Waals surface area contributed by atoms with Crippen LogP contribution in [0.1, 0.15) is 51.9 Å². The summed E-state index contributed by atoms with van der Waals surface area (Å²) in [5, 5.41) is 0. The van der Waals surface area contributed by atoms with Crippen molar-refractivity contribution in [2.24, 2.45) is 5.73 Å². The Labute approximate surface area is 106 Å². The van der Waals surface area contributed by atoms with E-state index in [9.17, 15) is 0 Å².